The fraction of sp³-hybridized carbons (Fsp3) is 0.259. The molecule has 0 unspecified atom stereocenters. The van der Waals surface area contributed by atoms with E-state index in [1.54, 1.807) is 37.8 Å². The molecular formula is C27H22ClF2N5O3S. The van der Waals surface area contributed by atoms with Crippen LogP contribution in [0.1, 0.15) is 46.3 Å². The maximum absolute atomic E-state index is 16.0. The van der Waals surface area contributed by atoms with Gasteiger partial charge in [-0.2, -0.15) is 10.4 Å². The first-order chi connectivity index (χ1) is 18.3. The molecule has 8 nitrogen and oxygen atoms in total. The second-order valence-electron chi connectivity index (χ2n) is 9.70. The molecule has 0 N–H and O–H groups in total. The highest BCUT2D eigenvalue weighted by molar-refractivity contribution is 7.90. The highest BCUT2D eigenvalue weighted by atomic mass is 35.5. The molecule has 1 aliphatic rings. The third-order valence-corrected chi connectivity index (χ3v) is 8.39. The average molecular weight is 570 g/mol. The number of nitrogens with zero attached hydrogens (tertiary/aromatic N) is 5. The fourth-order valence-electron chi connectivity index (χ4n) is 5.00. The summed E-state index contributed by atoms with van der Waals surface area (Å²) < 4.78 is 57.9. The molecule has 0 aliphatic heterocycles. The van der Waals surface area contributed by atoms with Crippen LogP contribution in [0.15, 0.2) is 46.3 Å². The van der Waals surface area contributed by atoms with Gasteiger partial charge in [0, 0.05) is 42.9 Å². The van der Waals surface area contributed by atoms with Gasteiger partial charge in [0.05, 0.1) is 16.9 Å². The lowest BCUT2D eigenvalue weighted by Gasteiger charge is -2.18. The number of hydrogen-bond donors (Lipinski definition) is 0. The molecule has 2 atom stereocenters. The maximum atomic E-state index is 16.0. The van der Waals surface area contributed by atoms with Crippen LogP contribution in [0.25, 0.3) is 16.9 Å². The highest BCUT2D eigenvalue weighted by Crippen LogP contribution is 2.56. The van der Waals surface area contributed by atoms with E-state index in [1.165, 1.54) is 18.3 Å². The van der Waals surface area contributed by atoms with Gasteiger partial charge in [0.2, 0.25) is 0 Å². The predicted octanol–water partition coefficient (Wildman–Crippen LogP) is 4.73. The van der Waals surface area contributed by atoms with Crippen molar-refractivity contribution in [2.24, 2.45) is 7.05 Å². The first-order valence-electron chi connectivity index (χ1n) is 11.8. The second kappa shape index (κ2) is 9.39. The van der Waals surface area contributed by atoms with Crippen molar-refractivity contribution >= 4 is 21.4 Å². The van der Waals surface area contributed by atoms with Crippen molar-refractivity contribution < 1.29 is 17.2 Å². The molecule has 1 fully saturated rings. The van der Waals surface area contributed by atoms with E-state index in [9.17, 15) is 18.5 Å². The molecule has 0 amide bonds. The van der Waals surface area contributed by atoms with E-state index in [0.29, 0.717) is 34.5 Å². The standard InChI is InChI=1S/C27H22ClF2N5O3S/c1-13-11-32-25(16-6-5-7-20(22(16)29)39(4,37)38)23(30)26(13)35-14(2)8-18(21(28)27(35)36)17-9-19(17)24-15(10-31)12-34(3)33-24/h5-8,11-12,17,19H,9H2,1-4H3/t17-,19+/m1/s1. The molecule has 0 bridgehead atoms. The smallest absolute Gasteiger partial charge is 0.274 e. The van der Waals surface area contributed by atoms with Crippen molar-refractivity contribution in [3.63, 3.8) is 0 Å². The molecule has 3 heterocycles. The summed E-state index contributed by atoms with van der Waals surface area (Å²) in [5.41, 5.74) is 0.738. The Kier molecular flexibility index (Phi) is 6.44. The number of aromatic nitrogens is 4. The molecular weight excluding hydrogens is 548 g/mol. The van der Waals surface area contributed by atoms with Crippen molar-refractivity contribution in [3.8, 4) is 23.0 Å². The quantitative estimate of drug-likeness (QED) is 0.344. The number of hydrogen-bond acceptors (Lipinski definition) is 6. The van der Waals surface area contributed by atoms with Crippen molar-refractivity contribution in [2.75, 3.05) is 6.26 Å². The Morgan fingerprint density at radius 3 is 2.56 bits per heavy atom. The Balaban J connectivity index is 1.62. The van der Waals surface area contributed by atoms with E-state index in [4.69, 9.17) is 11.6 Å². The molecule has 0 saturated heterocycles. The van der Waals surface area contributed by atoms with E-state index in [2.05, 4.69) is 16.2 Å². The third kappa shape index (κ3) is 4.43. The second-order valence-corrected chi connectivity index (χ2v) is 12.1. The minimum atomic E-state index is -3.92. The van der Waals surface area contributed by atoms with Crippen LogP contribution in [0.5, 0.6) is 0 Å². The van der Waals surface area contributed by atoms with Crippen molar-refractivity contribution in [1.29, 1.82) is 5.26 Å². The molecule has 12 heteroatoms. The molecule has 1 saturated carbocycles. The molecule has 0 radical (unpaired) electrons. The van der Waals surface area contributed by atoms with Gasteiger partial charge in [-0.25, -0.2) is 17.2 Å². The Morgan fingerprint density at radius 2 is 1.90 bits per heavy atom. The molecule has 5 rings (SSSR count). The van der Waals surface area contributed by atoms with Gasteiger partial charge < -0.3 is 0 Å². The first kappa shape index (κ1) is 26.7. The lowest BCUT2D eigenvalue weighted by Crippen LogP contribution is -2.24. The summed E-state index contributed by atoms with van der Waals surface area (Å²) in [6.07, 6.45) is 4.43. The summed E-state index contributed by atoms with van der Waals surface area (Å²) >= 11 is 6.56. The van der Waals surface area contributed by atoms with Gasteiger partial charge >= 0.3 is 0 Å². The van der Waals surface area contributed by atoms with Crippen LogP contribution >= 0.6 is 11.6 Å². The third-order valence-electron chi connectivity index (χ3n) is 6.90. The van der Waals surface area contributed by atoms with E-state index in [-0.39, 0.29) is 28.1 Å². The molecule has 4 aromatic rings. The zero-order chi connectivity index (χ0) is 28.4. The minimum Gasteiger partial charge on any atom is -0.277 e. The van der Waals surface area contributed by atoms with Crippen molar-refractivity contribution in [3.05, 3.63) is 91.7 Å². The Bertz CT molecular complexity index is 1890. The Hall–Kier alpha value is -3.88. The first-order valence-corrected chi connectivity index (χ1v) is 14.1. The fourth-order valence-corrected chi connectivity index (χ4v) is 6.04. The number of benzene rings is 1. The molecule has 0 spiro atoms. The van der Waals surface area contributed by atoms with Crippen LogP contribution < -0.4 is 5.56 Å². The van der Waals surface area contributed by atoms with Gasteiger partial charge in [-0.15, -0.1) is 0 Å². The van der Waals surface area contributed by atoms with Gasteiger partial charge in [0.15, 0.2) is 21.5 Å². The molecule has 39 heavy (non-hydrogen) atoms. The van der Waals surface area contributed by atoms with E-state index >= 15 is 8.78 Å². The minimum absolute atomic E-state index is 0.0795. The van der Waals surface area contributed by atoms with Crippen LogP contribution in [-0.4, -0.2) is 34.0 Å². The highest BCUT2D eigenvalue weighted by Gasteiger charge is 2.44. The Labute approximate surface area is 228 Å². The van der Waals surface area contributed by atoms with Crippen molar-refractivity contribution in [2.45, 2.75) is 37.0 Å². The SMILES string of the molecule is Cc1cnc(-c2cccc(S(C)(=O)=O)c2F)c(F)c1-n1c(C)cc([C@H]2C[C@@H]2c2nn(C)cc2C#N)c(Cl)c1=O. The number of pyridine rings is 2. The zero-order valence-electron chi connectivity index (χ0n) is 21.3. The number of nitriles is 1. The predicted molar refractivity (Wildman–Crippen MR) is 141 cm³/mol. The monoisotopic (exact) mass is 569 g/mol. The number of aryl methyl sites for hydroxylation is 3. The summed E-state index contributed by atoms with van der Waals surface area (Å²) in [6, 6.07) is 7.44. The van der Waals surface area contributed by atoms with Gasteiger partial charge in [-0.3, -0.25) is 19.0 Å². The van der Waals surface area contributed by atoms with E-state index in [0.717, 1.165) is 16.9 Å². The maximum Gasteiger partial charge on any atom is 0.274 e. The van der Waals surface area contributed by atoms with Crippen LogP contribution in [-0.2, 0) is 16.9 Å². The Morgan fingerprint density at radius 1 is 1.18 bits per heavy atom. The van der Waals surface area contributed by atoms with Crippen LogP contribution in [0.2, 0.25) is 5.02 Å². The van der Waals surface area contributed by atoms with Gasteiger partial charge in [-0.05, 0) is 55.5 Å². The summed E-state index contributed by atoms with van der Waals surface area (Å²) in [5, 5.41) is 13.7. The van der Waals surface area contributed by atoms with Gasteiger partial charge in [0.1, 0.15) is 21.7 Å². The van der Waals surface area contributed by atoms with Gasteiger partial charge in [0.25, 0.3) is 5.56 Å². The normalized spacial score (nSPS) is 16.8. The van der Waals surface area contributed by atoms with Crippen LogP contribution in [0.4, 0.5) is 8.78 Å². The lowest BCUT2D eigenvalue weighted by molar-refractivity contribution is 0.569. The number of rotatable bonds is 5. The largest absolute Gasteiger partial charge is 0.277 e. The molecule has 1 aromatic carbocycles. The number of sulfone groups is 1. The van der Waals surface area contributed by atoms with E-state index < -0.39 is 37.6 Å². The summed E-state index contributed by atoms with van der Waals surface area (Å²) in [4.78, 5) is 17.0. The van der Waals surface area contributed by atoms with Crippen LogP contribution in [0.3, 0.4) is 0 Å². The van der Waals surface area contributed by atoms with E-state index in [1.807, 2.05) is 0 Å². The summed E-state index contributed by atoms with van der Waals surface area (Å²) in [7, 11) is -2.20. The molecule has 1 aliphatic carbocycles. The number of halogens is 3. The van der Waals surface area contributed by atoms with Crippen molar-refractivity contribution in [1.82, 2.24) is 19.3 Å². The van der Waals surface area contributed by atoms with Gasteiger partial charge in [-0.1, -0.05) is 17.7 Å². The summed E-state index contributed by atoms with van der Waals surface area (Å²) in [5.74, 6) is -2.34. The molecule has 200 valence electrons. The molecule has 3 aromatic heterocycles. The summed E-state index contributed by atoms with van der Waals surface area (Å²) in [6.45, 7) is 3.18. The average Bonchev–Trinajstić information content (AvgIpc) is 3.56. The lowest BCUT2D eigenvalue weighted by atomic mass is 10.0. The zero-order valence-corrected chi connectivity index (χ0v) is 22.9. The van der Waals surface area contributed by atoms with Crippen LogP contribution in [0, 0.1) is 36.8 Å². The topological polar surface area (TPSA) is 111 Å².